The Balaban J connectivity index is 1.74. The molecule has 0 radical (unpaired) electrons. The van der Waals surface area contributed by atoms with Crippen LogP contribution in [0.3, 0.4) is 0 Å². The Morgan fingerprint density at radius 3 is 2.33 bits per heavy atom. The van der Waals surface area contributed by atoms with Crippen LogP contribution >= 0.6 is 11.6 Å². The first kappa shape index (κ1) is 12.5. The summed E-state index contributed by atoms with van der Waals surface area (Å²) in [4.78, 5) is 2.62. The zero-order valence-corrected chi connectivity index (χ0v) is 11.5. The third-order valence-corrected chi connectivity index (χ3v) is 4.76. The zero-order valence-electron chi connectivity index (χ0n) is 10.8. The maximum Gasteiger partial charge on any atom is 0.0406 e. The second-order valence-electron chi connectivity index (χ2n) is 5.67. The minimum Gasteiger partial charge on any atom is -0.314 e. The normalized spacial score (nSPS) is 23.6. The van der Waals surface area contributed by atoms with Crippen molar-refractivity contribution in [3.05, 3.63) is 34.9 Å². The summed E-state index contributed by atoms with van der Waals surface area (Å²) in [5, 5.41) is 4.27. The topological polar surface area (TPSA) is 15.3 Å². The molecule has 3 rings (SSSR count). The third kappa shape index (κ3) is 2.42. The van der Waals surface area contributed by atoms with Crippen LogP contribution in [0.1, 0.15) is 24.8 Å². The van der Waals surface area contributed by atoms with E-state index in [9.17, 15) is 0 Å². The molecule has 2 nitrogen and oxygen atoms in total. The molecule has 2 aliphatic rings. The summed E-state index contributed by atoms with van der Waals surface area (Å²) >= 11 is 6.00. The second-order valence-corrected chi connectivity index (χ2v) is 6.10. The van der Waals surface area contributed by atoms with Gasteiger partial charge in [-0.1, -0.05) is 30.2 Å². The van der Waals surface area contributed by atoms with Gasteiger partial charge in [-0.25, -0.2) is 0 Å². The molecular formula is C15H21ClN2. The number of benzene rings is 1. The maximum absolute atomic E-state index is 6.00. The first-order valence-electron chi connectivity index (χ1n) is 6.98. The van der Waals surface area contributed by atoms with Gasteiger partial charge in [0.05, 0.1) is 0 Å². The monoisotopic (exact) mass is 264 g/mol. The number of hydrogen-bond acceptors (Lipinski definition) is 2. The van der Waals surface area contributed by atoms with Crippen molar-refractivity contribution in [2.45, 2.75) is 24.7 Å². The van der Waals surface area contributed by atoms with Gasteiger partial charge in [0.25, 0.3) is 0 Å². The van der Waals surface area contributed by atoms with E-state index in [2.05, 4.69) is 22.3 Å². The summed E-state index contributed by atoms with van der Waals surface area (Å²) in [6, 6.07) is 8.52. The zero-order chi connectivity index (χ0) is 12.4. The minimum atomic E-state index is 0.405. The van der Waals surface area contributed by atoms with E-state index in [0.29, 0.717) is 5.41 Å². The Morgan fingerprint density at radius 1 is 1.11 bits per heavy atom. The van der Waals surface area contributed by atoms with E-state index >= 15 is 0 Å². The first-order valence-corrected chi connectivity index (χ1v) is 7.35. The summed E-state index contributed by atoms with van der Waals surface area (Å²) in [6.45, 7) is 5.87. The molecule has 2 fully saturated rings. The smallest absolute Gasteiger partial charge is 0.0406 e. The van der Waals surface area contributed by atoms with Crippen LogP contribution in [-0.4, -0.2) is 37.6 Å². The van der Waals surface area contributed by atoms with E-state index < -0.39 is 0 Å². The molecule has 1 aromatic carbocycles. The average molecular weight is 265 g/mol. The number of nitrogens with one attached hydrogen (secondary N) is 1. The first-order chi connectivity index (χ1) is 8.78. The van der Waals surface area contributed by atoms with Gasteiger partial charge >= 0.3 is 0 Å². The Hall–Kier alpha value is -0.570. The summed E-state index contributed by atoms with van der Waals surface area (Å²) in [5.74, 6) is 0. The van der Waals surface area contributed by atoms with Crippen LogP contribution in [0, 0.1) is 0 Å². The van der Waals surface area contributed by atoms with Gasteiger partial charge in [0.15, 0.2) is 0 Å². The third-order valence-electron chi connectivity index (χ3n) is 4.50. The van der Waals surface area contributed by atoms with Gasteiger partial charge in [0.1, 0.15) is 0 Å². The van der Waals surface area contributed by atoms with Crippen LogP contribution in [0.25, 0.3) is 0 Å². The fourth-order valence-electron chi connectivity index (χ4n) is 3.24. The van der Waals surface area contributed by atoms with Crippen molar-refractivity contribution in [3.8, 4) is 0 Å². The van der Waals surface area contributed by atoms with Gasteiger partial charge in [0.2, 0.25) is 0 Å². The van der Waals surface area contributed by atoms with Crippen LogP contribution < -0.4 is 5.32 Å². The molecule has 1 N–H and O–H groups in total. The van der Waals surface area contributed by atoms with Gasteiger partial charge in [-0.2, -0.15) is 0 Å². The largest absolute Gasteiger partial charge is 0.314 e. The van der Waals surface area contributed by atoms with Crippen LogP contribution in [0.2, 0.25) is 5.02 Å². The van der Waals surface area contributed by atoms with Crippen molar-refractivity contribution in [3.63, 3.8) is 0 Å². The highest BCUT2D eigenvalue weighted by atomic mass is 35.5. The van der Waals surface area contributed by atoms with Crippen LogP contribution in [-0.2, 0) is 5.41 Å². The summed E-state index contributed by atoms with van der Waals surface area (Å²) < 4.78 is 0. The van der Waals surface area contributed by atoms with E-state index in [1.54, 1.807) is 0 Å². The standard InChI is InChI=1S/C15H21ClN2/c16-14-4-2-13(3-5-14)15(6-1-7-15)12-18-10-8-17-9-11-18/h2-5,17H,1,6-12H2. The molecule has 1 aliphatic heterocycles. The Morgan fingerprint density at radius 2 is 1.78 bits per heavy atom. The van der Waals surface area contributed by atoms with Crippen molar-refractivity contribution < 1.29 is 0 Å². The molecule has 0 atom stereocenters. The van der Waals surface area contributed by atoms with E-state index in [1.807, 2.05) is 12.1 Å². The number of halogens is 1. The SMILES string of the molecule is Clc1ccc(C2(CN3CCNCC3)CCC2)cc1. The van der Waals surface area contributed by atoms with Gasteiger partial charge in [-0.05, 0) is 30.5 Å². The Bertz CT molecular complexity index is 391. The second kappa shape index (κ2) is 5.20. The van der Waals surface area contributed by atoms with Crippen LogP contribution in [0.15, 0.2) is 24.3 Å². The molecular weight excluding hydrogens is 244 g/mol. The average Bonchev–Trinajstić information content (AvgIpc) is 2.36. The van der Waals surface area contributed by atoms with Crippen molar-refractivity contribution in [1.82, 2.24) is 10.2 Å². The molecule has 0 bridgehead atoms. The van der Waals surface area contributed by atoms with Crippen LogP contribution in [0.5, 0.6) is 0 Å². The van der Waals surface area contributed by atoms with E-state index in [0.717, 1.165) is 18.1 Å². The van der Waals surface area contributed by atoms with Gasteiger partial charge in [-0.3, -0.25) is 4.90 Å². The van der Waals surface area contributed by atoms with Crippen molar-refractivity contribution in [2.24, 2.45) is 0 Å². The van der Waals surface area contributed by atoms with E-state index in [1.165, 1.54) is 44.5 Å². The predicted molar refractivity (Wildman–Crippen MR) is 76.3 cm³/mol. The lowest BCUT2D eigenvalue weighted by atomic mass is 9.64. The molecule has 1 saturated heterocycles. The van der Waals surface area contributed by atoms with E-state index in [4.69, 9.17) is 11.6 Å². The Kier molecular flexibility index (Phi) is 3.60. The molecule has 0 aromatic heterocycles. The molecule has 0 amide bonds. The molecule has 18 heavy (non-hydrogen) atoms. The number of hydrogen-bond donors (Lipinski definition) is 1. The van der Waals surface area contributed by atoms with Crippen molar-refractivity contribution >= 4 is 11.6 Å². The number of piperazine rings is 1. The molecule has 1 aromatic rings. The summed E-state index contributed by atoms with van der Waals surface area (Å²) in [6.07, 6.45) is 4.03. The minimum absolute atomic E-state index is 0.405. The van der Waals surface area contributed by atoms with Gasteiger partial charge < -0.3 is 5.32 Å². The quantitative estimate of drug-likeness (QED) is 0.903. The maximum atomic E-state index is 6.00. The van der Waals surface area contributed by atoms with Crippen molar-refractivity contribution in [2.75, 3.05) is 32.7 Å². The highest BCUT2D eigenvalue weighted by molar-refractivity contribution is 6.30. The predicted octanol–water partition coefficient (Wildman–Crippen LogP) is 2.67. The highest BCUT2D eigenvalue weighted by Crippen LogP contribution is 2.44. The summed E-state index contributed by atoms with van der Waals surface area (Å²) in [7, 11) is 0. The molecule has 0 unspecified atom stereocenters. The lowest BCUT2D eigenvalue weighted by molar-refractivity contribution is 0.128. The number of nitrogens with zero attached hydrogens (tertiary/aromatic N) is 1. The molecule has 1 saturated carbocycles. The van der Waals surface area contributed by atoms with Crippen molar-refractivity contribution in [1.29, 1.82) is 0 Å². The fraction of sp³-hybridized carbons (Fsp3) is 0.600. The summed E-state index contributed by atoms with van der Waals surface area (Å²) in [5.41, 5.74) is 1.89. The molecule has 0 spiro atoms. The van der Waals surface area contributed by atoms with Gasteiger partial charge in [0, 0.05) is 43.2 Å². The number of rotatable bonds is 3. The highest BCUT2D eigenvalue weighted by Gasteiger charge is 2.40. The molecule has 3 heteroatoms. The lowest BCUT2D eigenvalue weighted by Gasteiger charge is -2.46. The van der Waals surface area contributed by atoms with Crippen LogP contribution in [0.4, 0.5) is 0 Å². The Labute approximate surface area is 114 Å². The lowest BCUT2D eigenvalue weighted by Crippen LogP contribution is -2.51. The van der Waals surface area contributed by atoms with E-state index in [-0.39, 0.29) is 0 Å². The molecule has 1 aliphatic carbocycles. The van der Waals surface area contributed by atoms with Gasteiger partial charge in [-0.15, -0.1) is 0 Å². The molecule has 98 valence electrons. The molecule has 1 heterocycles. The fourth-order valence-corrected chi connectivity index (χ4v) is 3.37.